The van der Waals surface area contributed by atoms with Gasteiger partial charge in [-0.15, -0.1) is 0 Å². The minimum atomic E-state index is 0.314. The van der Waals surface area contributed by atoms with E-state index in [0.29, 0.717) is 6.61 Å². The van der Waals surface area contributed by atoms with Crippen molar-refractivity contribution in [2.75, 3.05) is 46.9 Å². The van der Waals surface area contributed by atoms with Gasteiger partial charge in [0.15, 0.2) is 0 Å². The third kappa shape index (κ3) is 4.40. The summed E-state index contributed by atoms with van der Waals surface area (Å²) in [4.78, 5) is 4.77. The molecule has 0 aliphatic carbocycles. The van der Waals surface area contributed by atoms with Crippen molar-refractivity contribution in [3.63, 3.8) is 0 Å². The average Bonchev–Trinajstić information content (AvgIpc) is 2.15. The molecule has 1 unspecified atom stereocenters. The highest BCUT2D eigenvalue weighted by molar-refractivity contribution is 4.72. The van der Waals surface area contributed by atoms with E-state index in [4.69, 9.17) is 5.11 Å². The van der Waals surface area contributed by atoms with E-state index in [0.717, 1.165) is 18.9 Å². The molecule has 0 aromatic carbocycles. The zero-order chi connectivity index (χ0) is 10.4. The minimum absolute atomic E-state index is 0.314. The quantitative estimate of drug-likeness (QED) is 0.705. The van der Waals surface area contributed by atoms with Gasteiger partial charge in [-0.2, -0.15) is 0 Å². The molecular weight excluding hydrogens is 176 g/mol. The van der Waals surface area contributed by atoms with E-state index in [1.54, 1.807) is 0 Å². The first kappa shape index (κ1) is 12.0. The predicted molar refractivity (Wildman–Crippen MR) is 59.4 cm³/mol. The Labute approximate surface area is 87.7 Å². The van der Waals surface area contributed by atoms with Crippen molar-refractivity contribution in [3.05, 3.63) is 0 Å². The zero-order valence-corrected chi connectivity index (χ0v) is 9.58. The summed E-state index contributed by atoms with van der Waals surface area (Å²) in [6.45, 7) is 5.02. The largest absolute Gasteiger partial charge is 0.396 e. The number of hydrogen-bond donors (Lipinski definition) is 1. The van der Waals surface area contributed by atoms with Gasteiger partial charge in [-0.3, -0.25) is 0 Å². The second kappa shape index (κ2) is 6.38. The number of rotatable bonds is 5. The summed E-state index contributed by atoms with van der Waals surface area (Å²) in [5.74, 6) is 0.831. The van der Waals surface area contributed by atoms with Crippen LogP contribution in [0.4, 0.5) is 0 Å². The Bertz CT molecular complexity index is 152. The third-order valence-corrected chi connectivity index (χ3v) is 2.99. The molecule has 1 saturated heterocycles. The molecule has 0 radical (unpaired) electrons. The van der Waals surface area contributed by atoms with Crippen molar-refractivity contribution in [1.82, 2.24) is 9.80 Å². The molecule has 1 atom stereocenters. The van der Waals surface area contributed by atoms with Gasteiger partial charge >= 0.3 is 0 Å². The van der Waals surface area contributed by atoms with Crippen molar-refractivity contribution >= 4 is 0 Å². The summed E-state index contributed by atoms with van der Waals surface area (Å²) in [6, 6.07) is 0. The number of piperidine rings is 1. The van der Waals surface area contributed by atoms with E-state index in [2.05, 4.69) is 23.9 Å². The Morgan fingerprint density at radius 2 is 2.29 bits per heavy atom. The molecule has 1 heterocycles. The summed E-state index contributed by atoms with van der Waals surface area (Å²) in [5, 5.41) is 8.73. The lowest BCUT2D eigenvalue weighted by Gasteiger charge is -2.32. The van der Waals surface area contributed by atoms with Gasteiger partial charge < -0.3 is 14.9 Å². The van der Waals surface area contributed by atoms with Gasteiger partial charge in [-0.05, 0) is 45.8 Å². The molecule has 0 aromatic rings. The lowest BCUT2D eigenvalue weighted by atomic mass is 9.98. The molecule has 1 rings (SSSR count). The molecule has 0 saturated carbocycles. The van der Waals surface area contributed by atoms with Crippen LogP contribution in [0.2, 0.25) is 0 Å². The van der Waals surface area contributed by atoms with E-state index in [-0.39, 0.29) is 0 Å². The van der Waals surface area contributed by atoms with Gasteiger partial charge in [0.05, 0.1) is 0 Å². The topological polar surface area (TPSA) is 26.7 Å². The van der Waals surface area contributed by atoms with Crippen LogP contribution in [0.25, 0.3) is 0 Å². The highest BCUT2D eigenvalue weighted by atomic mass is 16.3. The molecule has 84 valence electrons. The van der Waals surface area contributed by atoms with Gasteiger partial charge in [0.1, 0.15) is 0 Å². The molecule has 1 fully saturated rings. The number of hydrogen-bond acceptors (Lipinski definition) is 3. The highest BCUT2D eigenvalue weighted by Gasteiger charge is 2.18. The van der Waals surface area contributed by atoms with Crippen molar-refractivity contribution in [2.24, 2.45) is 5.92 Å². The van der Waals surface area contributed by atoms with E-state index in [1.807, 2.05) is 0 Å². The van der Waals surface area contributed by atoms with E-state index < -0.39 is 0 Å². The molecule has 3 nitrogen and oxygen atoms in total. The summed E-state index contributed by atoms with van der Waals surface area (Å²) < 4.78 is 0. The molecule has 1 aliphatic rings. The van der Waals surface area contributed by atoms with Gasteiger partial charge in [-0.1, -0.05) is 0 Å². The van der Waals surface area contributed by atoms with Crippen LogP contribution in [-0.2, 0) is 0 Å². The van der Waals surface area contributed by atoms with E-state index >= 15 is 0 Å². The second-order valence-corrected chi connectivity index (χ2v) is 4.61. The van der Waals surface area contributed by atoms with Crippen molar-refractivity contribution in [1.29, 1.82) is 0 Å². The van der Waals surface area contributed by atoms with Crippen LogP contribution in [-0.4, -0.2) is 61.8 Å². The summed E-state index contributed by atoms with van der Waals surface area (Å²) in [7, 11) is 4.37. The van der Waals surface area contributed by atoms with Gasteiger partial charge in [0, 0.05) is 26.2 Å². The fourth-order valence-corrected chi connectivity index (χ4v) is 2.29. The van der Waals surface area contributed by atoms with E-state index in [1.165, 1.54) is 32.5 Å². The van der Waals surface area contributed by atoms with Crippen LogP contribution in [0.5, 0.6) is 0 Å². The Kier molecular flexibility index (Phi) is 5.45. The third-order valence-electron chi connectivity index (χ3n) is 2.99. The molecule has 3 heteroatoms. The number of likely N-dealkylation sites (tertiary alicyclic amines) is 1. The lowest BCUT2D eigenvalue weighted by molar-refractivity contribution is 0.160. The SMILES string of the molecule is CN(CCCO)CC1CCCN(C)C1. The fraction of sp³-hybridized carbons (Fsp3) is 1.00. The van der Waals surface area contributed by atoms with Crippen LogP contribution in [0, 0.1) is 5.92 Å². The van der Waals surface area contributed by atoms with Gasteiger partial charge in [0.25, 0.3) is 0 Å². The van der Waals surface area contributed by atoms with E-state index in [9.17, 15) is 0 Å². The average molecular weight is 200 g/mol. The Hall–Kier alpha value is -0.120. The molecule has 14 heavy (non-hydrogen) atoms. The maximum atomic E-state index is 8.73. The van der Waals surface area contributed by atoms with Crippen LogP contribution < -0.4 is 0 Å². The maximum absolute atomic E-state index is 8.73. The standard InChI is InChI=1S/C11H24N2O/c1-12-6-3-5-11(9-12)10-13(2)7-4-8-14/h11,14H,3-10H2,1-2H3. The first-order valence-corrected chi connectivity index (χ1v) is 5.70. The zero-order valence-electron chi connectivity index (χ0n) is 9.58. The second-order valence-electron chi connectivity index (χ2n) is 4.61. The predicted octanol–water partition coefficient (Wildman–Crippen LogP) is 0.642. The summed E-state index contributed by atoms with van der Waals surface area (Å²) in [5.41, 5.74) is 0. The Morgan fingerprint density at radius 3 is 2.93 bits per heavy atom. The molecular formula is C11H24N2O. The van der Waals surface area contributed by atoms with Crippen LogP contribution in [0.15, 0.2) is 0 Å². The highest BCUT2D eigenvalue weighted by Crippen LogP contribution is 2.15. The molecule has 1 N–H and O–H groups in total. The first-order chi connectivity index (χ1) is 6.72. The Balaban J connectivity index is 2.15. The normalized spacial score (nSPS) is 24.4. The number of nitrogens with zero attached hydrogens (tertiary/aromatic N) is 2. The summed E-state index contributed by atoms with van der Waals surface area (Å²) >= 11 is 0. The summed E-state index contributed by atoms with van der Waals surface area (Å²) in [6.07, 6.45) is 3.61. The molecule has 0 bridgehead atoms. The minimum Gasteiger partial charge on any atom is -0.396 e. The Morgan fingerprint density at radius 1 is 1.50 bits per heavy atom. The van der Waals surface area contributed by atoms with Crippen molar-refractivity contribution in [3.8, 4) is 0 Å². The van der Waals surface area contributed by atoms with Crippen molar-refractivity contribution < 1.29 is 5.11 Å². The fourth-order valence-electron chi connectivity index (χ4n) is 2.29. The van der Waals surface area contributed by atoms with Crippen LogP contribution in [0.3, 0.4) is 0 Å². The molecule has 1 aliphatic heterocycles. The van der Waals surface area contributed by atoms with Crippen molar-refractivity contribution in [2.45, 2.75) is 19.3 Å². The molecule has 0 aromatic heterocycles. The molecule has 0 spiro atoms. The number of aliphatic hydroxyl groups is 1. The lowest BCUT2D eigenvalue weighted by Crippen LogP contribution is -2.38. The van der Waals surface area contributed by atoms with Crippen LogP contribution in [0.1, 0.15) is 19.3 Å². The molecule has 0 amide bonds. The monoisotopic (exact) mass is 200 g/mol. The van der Waals surface area contributed by atoms with Crippen LogP contribution >= 0.6 is 0 Å². The number of aliphatic hydroxyl groups excluding tert-OH is 1. The maximum Gasteiger partial charge on any atom is 0.0443 e. The van der Waals surface area contributed by atoms with Gasteiger partial charge in [0.2, 0.25) is 0 Å². The first-order valence-electron chi connectivity index (χ1n) is 5.70. The smallest absolute Gasteiger partial charge is 0.0443 e. The van der Waals surface area contributed by atoms with Gasteiger partial charge in [-0.25, -0.2) is 0 Å².